The van der Waals surface area contributed by atoms with E-state index in [-0.39, 0.29) is 24.9 Å². The summed E-state index contributed by atoms with van der Waals surface area (Å²) in [4.78, 5) is 0. The molecular formula is C13H30O5. The molecule has 3 unspecified atom stereocenters. The molecule has 0 aromatic carbocycles. The monoisotopic (exact) mass is 266 g/mol. The maximum atomic E-state index is 8.65. The van der Waals surface area contributed by atoms with Crippen LogP contribution in [0.5, 0.6) is 0 Å². The van der Waals surface area contributed by atoms with E-state index in [1.807, 2.05) is 20.8 Å². The number of rotatable bonds is 9. The van der Waals surface area contributed by atoms with Gasteiger partial charge in [-0.25, -0.2) is 0 Å². The molecule has 0 saturated carbocycles. The van der Waals surface area contributed by atoms with E-state index >= 15 is 0 Å². The second-order valence-electron chi connectivity index (χ2n) is 4.30. The van der Waals surface area contributed by atoms with Gasteiger partial charge in [0.15, 0.2) is 0 Å². The minimum Gasteiger partial charge on any atom is -0.394 e. The highest BCUT2D eigenvalue weighted by molar-refractivity contribution is 4.49. The van der Waals surface area contributed by atoms with Gasteiger partial charge in [0.25, 0.3) is 0 Å². The molecule has 0 saturated heterocycles. The first-order valence-corrected chi connectivity index (χ1v) is 6.48. The van der Waals surface area contributed by atoms with E-state index < -0.39 is 0 Å². The molecule has 0 bridgehead atoms. The fraction of sp³-hybridized carbons (Fsp3) is 1.00. The van der Waals surface area contributed by atoms with Crippen molar-refractivity contribution in [2.45, 2.75) is 52.4 Å². The molecular weight excluding hydrogens is 236 g/mol. The average Bonchev–Trinajstić information content (AvgIpc) is 2.36. The van der Waals surface area contributed by atoms with Gasteiger partial charge in [-0.2, -0.15) is 0 Å². The highest BCUT2D eigenvalue weighted by Crippen LogP contribution is 1.93. The van der Waals surface area contributed by atoms with E-state index in [9.17, 15) is 0 Å². The third kappa shape index (κ3) is 18.2. The maximum absolute atomic E-state index is 8.65. The lowest BCUT2D eigenvalue weighted by Crippen LogP contribution is -2.21. The molecule has 0 aliphatic heterocycles. The Morgan fingerprint density at radius 2 is 1.67 bits per heavy atom. The van der Waals surface area contributed by atoms with E-state index in [1.54, 1.807) is 14.0 Å². The van der Waals surface area contributed by atoms with Gasteiger partial charge in [-0.1, -0.05) is 6.92 Å². The summed E-state index contributed by atoms with van der Waals surface area (Å²) in [7, 11) is 1.64. The molecule has 0 fully saturated rings. The second-order valence-corrected chi connectivity index (χ2v) is 4.30. The predicted octanol–water partition coefficient (Wildman–Crippen LogP) is 1.21. The van der Waals surface area contributed by atoms with Crippen molar-refractivity contribution in [1.82, 2.24) is 0 Å². The number of ether oxygens (including phenoxy) is 3. The molecule has 0 aromatic rings. The van der Waals surface area contributed by atoms with Crippen LogP contribution in [0, 0.1) is 0 Å². The molecule has 3 atom stereocenters. The lowest BCUT2D eigenvalue weighted by Gasteiger charge is -2.13. The fourth-order valence-corrected chi connectivity index (χ4v) is 0.819. The van der Waals surface area contributed by atoms with Gasteiger partial charge >= 0.3 is 0 Å². The lowest BCUT2D eigenvalue weighted by atomic mass is 10.4. The Morgan fingerprint density at radius 1 is 1.06 bits per heavy atom. The normalized spacial score (nSPS) is 15.5. The third-order valence-corrected chi connectivity index (χ3v) is 1.98. The zero-order chi connectivity index (χ0) is 14.4. The first-order valence-electron chi connectivity index (χ1n) is 6.48. The van der Waals surface area contributed by atoms with Gasteiger partial charge in [0.05, 0.1) is 38.1 Å². The van der Waals surface area contributed by atoms with Crippen LogP contribution < -0.4 is 0 Å². The summed E-state index contributed by atoms with van der Waals surface area (Å²) in [5.74, 6) is 0. The van der Waals surface area contributed by atoms with Crippen LogP contribution in [0.4, 0.5) is 0 Å². The molecule has 18 heavy (non-hydrogen) atoms. The van der Waals surface area contributed by atoms with Gasteiger partial charge in [-0.05, 0) is 27.2 Å². The summed E-state index contributed by atoms with van der Waals surface area (Å²) >= 11 is 0. The Morgan fingerprint density at radius 3 is 2.06 bits per heavy atom. The summed E-state index contributed by atoms with van der Waals surface area (Å²) < 4.78 is 15.1. The number of aliphatic hydroxyl groups is 2. The number of hydrogen-bond donors (Lipinski definition) is 2. The van der Waals surface area contributed by atoms with Gasteiger partial charge in [0, 0.05) is 13.7 Å². The van der Waals surface area contributed by atoms with Crippen molar-refractivity contribution in [3.8, 4) is 0 Å². The summed E-state index contributed by atoms with van der Waals surface area (Å²) in [5, 5.41) is 17.2. The van der Waals surface area contributed by atoms with Gasteiger partial charge in [-0.15, -0.1) is 0 Å². The van der Waals surface area contributed by atoms with Crippen LogP contribution in [0.1, 0.15) is 34.1 Å². The molecule has 0 spiro atoms. The Kier molecular flexibility index (Phi) is 16.6. The molecule has 2 N–H and O–H groups in total. The topological polar surface area (TPSA) is 68.2 Å². The fourth-order valence-electron chi connectivity index (χ4n) is 0.819. The van der Waals surface area contributed by atoms with Crippen molar-refractivity contribution < 1.29 is 24.4 Å². The highest BCUT2D eigenvalue weighted by atomic mass is 16.5. The van der Waals surface area contributed by atoms with Crippen LogP contribution in [-0.4, -0.2) is 62.1 Å². The van der Waals surface area contributed by atoms with Crippen LogP contribution in [0.3, 0.4) is 0 Å². The first kappa shape index (κ1) is 20.1. The highest BCUT2D eigenvalue weighted by Gasteiger charge is 2.03. The number of hydrogen-bond acceptors (Lipinski definition) is 5. The van der Waals surface area contributed by atoms with Crippen LogP contribution in [0.15, 0.2) is 0 Å². The van der Waals surface area contributed by atoms with Gasteiger partial charge < -0.3 is 24.4 Å². The molecule has 0 amide bonds. The van der Waals surface area contributed by atoms with E-state index in [0.717, 1.165) is 13.0 Å². The molecule has 0 rings (SSSR count). The molecule has 0 heterocycles. The minimum absolute atomic E-state index is 0.0659. The minimum atomic E-state index is -0.318. The van der Waals surface area contributed by atoms with Crippen molar-refractivity contribution in [3.05, 3.63) is 0 Å². The van der Waals surface area contributed by atoms with E-state index in [2.05, 4.69) is 0 Å². The Bertz CT molecular complexity index is 142. The van der Waals surface area contributed by atoms with E-state index in [0.29, 0.717) is 13.2 Å². The van der Waals surface area contributed by atoms with Crippen molar-refractivity contribution >= 4 is 0 Å². The molecule has 5 heteroatoms. The zero-order valence-corrected chi connectivity index (χ0v) is 12.4. The molecule has 5 nitrogen and oxygen atoms in total. The number of aliphatic hydroxyl groups excluding tert-OH is 2. The first-order chi connectivity index (χ1) is 8.47. The third-order valence-electron chi connectivity index (χ3n) is 1.98. The SMILES string of the molecule is CCCOCC(C)O.COC(C)COC(C)CO. The molecule has 112 valence electrons. The van der Waals surface area contributed by atoms with Gasteiger partial charge in [0.2, 0.25) is 0 Å². The molecule has 0 radical (unpaired) electrons. The van der Waals surface area contributed by atoms with Crippen molar-refractivity contribution in [3.63, 3.8) is 0 Å². The van der Waals surface area contributed by atoms with Gasteiger partial charge in [-0.3, -0.25) is 0 Å². The van der Waals surface area contributed by atoms with Crippen LogP contribution in [-0.2, 0) is 14.2 Å². The second kappa shape index (κ2) is 14.9. The van der Waals surface area contributed by atoms with Crippen LogP contribution >= 0.6 is 0 Å². The van der Waals surface area contributed by atoms with Crippen molar-refractivity contribution in [1.29, 1.82) is 0 Å². The summed E-state index contributed by atoms with van der Waals surface area (Å²) in [6, 6.07) is 0. The van der Waals surface area contributed by atoms with Crippen LogP contribution in [0.25, 0.3) is 0 Å². The quantitative estimate of drug-likeness (QED) is 0.614. The Labute approximate surface area is 111 Å². The molecule has 0 aromatic heterocycles. The Balaban J connectivity index is 0. The Hall–Kier alpha value is -0.200. The van der Waals surface area contributed by atoms with Crippen molar-refractivity contribution in [2.24, 2.45) is 0 Å². The van der Waals surface area contributed by atoms with E-state index in [1.165, 1.54) is 0 Å². The number of methoxy groups -OCH3 is 1. The summed E-state index contributed by atoms with van der Waals surface area (Å²) in [5.41, 5.74) is 0. The maximum Gasteiger partial charge on any atom is 0.0779 e. The van der Waals surface area contributed by atoms with Gasteiger partial charge in [0.1, 0.15) is 0 Å². The predicted molar refractivity (Wildman–Crippen MR) is 71.8 cm³/mol. The average molecular weight is 266 g/mol. The zero-order valence-electron chi connectivity index (χ0n) is 12.4. The summed E-state index contributed by atoms with van der Waals surface area (Å²) in [6.07, 6.45) is 0.723. The molecule has 0 aliphatic rings. The smallest absolute Gasteiger partial charge is 0.0779 e. The lowest BCUT2D eigenvalue weighted by molar-refractivity contribution is -0.0313. The molecule has 0 aliphatic carbocycles. The summed E-state index contributed by atoms with van der Waals surface area (Å²) in [6.45, 7) is 9.33. The largest absolute Gasteiger partial charge is 0.394 e. The standard InChI is InChI=1S/C7H16O3.C6H14O2/c1-6(4-8)10-5-7(2)9-3;1-3-4-8-5-6(2)7/h6-8H,4-5H2,1-3H3;6-7H,3-5H2,1-2H3. The van der Waals surface area contributed by atoms with Crippen LogP contribution in [0.2, 0.25) is 0 Å². The van der Waals surface area contributed by atoms with E-state index in [4.69, 9.17) is 24.4 Å². The van der Waals surface area contributed by atoms with Crippen molar-refractivity contribution in [2.75, 3.05) is 33.5 Å².